The molecule has 0 saturated heterocycles. The fraction of sp³-hybridized carbons (Fsp3) is 0.182. The summed E-state index contributed by atoms with van der Waals surface area (Å²) in [6, 6.07) is 3.61. The first kappa shape index (κ1) is 10.4. The second-order valence-electron chi connectivity index (χ2n) is 3.31. The van der Waals surface area contributed by atoms with E-state index in [0.717, 1.165) is 5.56 Å². The molecule has 2 aromatic heterocycles. The minimum absolute atomic E-state index is 0.0846. The number of aromatic carboxylic acids is 1. The number of hydrogen-bond donors (Lipinski definition) is 2. The lowest BCUT2D eigenvalue weighted by atomic mass is 10.3. The van der Waals surface area contributed by atoms with Crippen molar-refractivity contribution in [3.05, 3.63) is 35.9 Å². The highest BCUT2D eigenvalue weighted by Crippen LogP contribution is 2.17. The number of aromatic amines is 1. The van der Waals surface area contributed by atoms with Gasteiger partial charge in [-0.1, -0.05) is 6.92 Å². The highest BCUT2D eigenvalue weighted by molar-refractivity contribution is 5.87. The van der Waals surface area contributed by atoms with E-state index in [4.69, 9.17) is 5.11 Å². The molecule has 0 aromatic carbocycles. The maximum Gasteiger partial charge on any atom is 0.356 e. The zero-order chi connectivity index (χ0) is 11.5. The molecule has 0 amide bonds. The molecule has 2 rings (SSSR count). The van der Waals surface area contributed by atoms with Gasteiger partial charge in [0.2, 0.25) is 0 Å². The third-order valence-corrected chi connectivity index (χ3v) is 2.27. The van der Waals surface area contributed by atoms with Crippen LogP contribution in [0.15, 0.2) is 24.5 Å². The van der Waals surface area contributed by atoms with E-state index in [2.05, 4.69) is 15.0 Å². The average molecular weight is 217 g/mol. The molecule has 82 valence electrons. The second-order valence-corrected chi connectivity index (χ2v) is 3.31. The highest BCUT2D eigenvalue weighted by atomic mass is 16.4. The second kappa shape index (κ2) is 4.14. The lowest BCUT2D eigenvalue weighted by Crippen LogP contribution is -2.00. The molecule has 0 spiro atoms. The number of aromatic nitrogens is 3. The number of H-pyrrole nitrogens is 1. The number of carboxylic acids is 1. The summed E-state index contributed by atoms with van der Waals surface area (Å²) in [5.74, 6) is -0.467. The van der Waals surface area contributed by atoms with Crippen molar-refractivity contribution in [1.82, 2.24) is 15.0 Å². The van der Waals surface area contributed by atoms with Crippen LogP contribution in [0.4, 0.5) is 0 Å². The van der Waals surface area contributed by atoms with Crippen LogP contribution in [0.2, 0.25) is 0 Å². The fourth-order valence-corrected chi connectivity index (χ4v) is 1.48. The number of carbonyl (C=O) groups is 1. The Hall–Kier alpha value is -2.17. The quantitative estimate of drug-likeness (QED) is 0.820. The van der Waals surface area contributed by atoms with Gasteiger partial charge in [-0.3, -0.25) is 4.98 Å². The maximum absolute atomic E-state index is 10.9. The van der Waals surface area contributed by atoms with Crippen molar-refractivity contribution in [1.29, 1.82) is 0 Å². The van der Waals surface area contributed by atoms with Crippen LogP contribution >= 0.6 is 0 Å². The van der Waals surface area contributed by atoms with Crippen molar-refractivity contribution < 1.29 is 9.90 Å². The molecule has 0 radical (unpaired) electrons. The van der Waals surface area contributed by atoms with Gasteiger partial charge >= 0.3 is 5.97 Å². The van der Waals surface area contributed by atoms with Crippen molar-refractivity contribution >= 4 is 5.97 Å². The van der Waals surface area contributed by atoms with Gasteiger partial charge in [-0.05, 0) is 18.6 Å². The molecule has 0 aliphatic rings. The summed E-state index contributed by atoms with van der Waals surface area (Å²) in [4.78, 5) is 21.9. The van der Waals surface area contributed by atoms with Gasteiger partial charge in [0.1, 0.15) is 5.82 Å². The molecule has 0 unspecified atom stereocenters. The molecule has 5 nitrogen and oxygen atoms in total. The van der Waals surface area contributed by atoms with E-state index < -0.39 is 5.97 Å². The number of hydrogen-bond acceptors (Lipinski definition) is 3. The largest absolute Gasteiger partial charge is 0.476 e. The molecule has 2 heterocycles. The number of imidazole rings is 1. The molecular formula is C11H11N3O2. The third-order valence-electron chi connectivity index (χ3n) is 2.27. The van der Waals surface area contributed by atoms with Crippen molar-refractivity contribution in [3.63, 3.8) is 0 Å². The molecule has 5 heteroatoms. The molecule has 0 fully saturated rings. The monoisotopic (exact) mass is 217 g/mol. The summed E-state index contributed by atoms with van der Waals surface area (Å²) >= 11 is 0. The van der Waals surface area contributed by atoms with Crippen LogP contribution in [-0.2, 0) is 6.42 Å². The lowest BCUT2D eigenvalue weighted by molar-refractivity contribution is 0.0690. The molecule has 0 saturated carbocycles. The summed E-state index contributed by atoms with van der Waals surface area (Å²) < 4.78 is 0. The van der Waals surface area contributed by atoms with E-state index >= 15 is 0 Å². The van der Waals surface area contributed by atoms with Gasteiger partial charge in [-0.15, -0.1) is 0 Å². The van der Waals surface area contributed by atoms with Crippen LogP contribution in [0, 0.1) is 0 Å². The van der Waals surface area contributed by atoms with Gasteiger partial charge in [0.15, 0.2) is 5.69 Å². The minimum atomic E-state index is -1.01. The Kier molecular flexibility index (Phi) is 2.68. The van der Waals surface area contributed by atoms with Crippen LogP contribution in [-0.4, -0.2) is 26.0 Å². The smallest absolute Gasteiger partial charge is 0.356 e. The van der Waals surface area contributed by atoms with E-state index in [9.17, 15) is 4.79 Å². The lowest BCUT2D eigenvalue weighted by Gasteiger charge is -1.93. The normalized spacial score (nSPS) is 10.3. The first-order valence-corrected chi connectivity index (χ1v) is 4.95. The molecule has 2 aromatic rings. The highest BCUT2D eigenvalue weighted by Gasteiger charge is 2.15. The number of pyridine rings is 1. The molecular weight excluding hydrogens is 206 g/mol. The summed E-state index contributed by atoms with van der Waals surface area (Å²) in [5, 5.41) is 8.96. The van der Waals surface area contributed by atoms with E-state index in [0.29, 0.717) is 17.9 Å². The van der Waals surface area contributed by atoms with Crippen LogP contribution in [0.5, 0.6) is 0 Å². The van der Waals surface area contributed by atoms with Gasteiger partial charge in [-0.25, -0.2) is 9.78 Å². The van der Waals surface area contributed by atoms with Crippen LogP contribution in [0.3, 0.4) is 0 Å². The summed E-state index contributed by atoms with van der Waals surface area (Å²) in [6.45, 7) is 1.88. The van der Waals surface area contributed by atoms with Crippen LogP contribution in [0.1, 0.15) is 23.1 Å². The Bertz CT molecular complexity index is 505. The van der Waals surface area contributed by atoms with Gasteiger partial charge in [0, 0.05) is 23.7 Å². The van der Waals surface area contributed by atoms with Gasteiger partial charge in [0.25, 0.3) is 0 Å². The molecule has 16 heavy (non-hydrogen) atoms. The van der Waals surface area contributed by atoms with Gasteiger partial charge in [0.05, 0.1) is 0 Å². The van der Waals surface area contributed by atoms with Gasteiger partial charge in [-0.2, -0.15) is 0 Å². The number of rotatable bonds is 3. The van der Waals surface area contributed by atoms with Crippen LogP contribution in [0.25, 0.3) is 11.4 Å². The molecule has 0 bridgehead atoms. The summed E-state index contributed by atoms with van der Waals surface area (Å²) in [5.41, 5.74) is 1.50. The topological polar surface area (TPSA) is 78.9 Å². The molecule has 0 aliphatic heterocycles. The SMILES string of the molecule is CCc1[nH]c(-c2cccnc2)nc1C(=O)O. The Morgan fingerprint density at radius 1 is 1.56 bits per heavy atom. The molecule has 0 aliphatic carbocycles. The van der Waals surface area contributed by atoms with E-state index in [1.54, 1.807) is 18.5 Å². The predicted octanol–water partition coefficient (Wildman–Crippen LogP) is 1.73. The number of nitrogens with zero attached hydrogens (tertiary/aromatic N) is 2. The Morgan fingerprint density at radius 3 is 2.88 bits per heavy atom. The number of aryl methyl sites for hydroxylation is 1. The van der Waals surface area contributed by atoms with Crippen molar-refractivity contribution in [3.8, 4) is 11.4 Å². The molecule has 0 atom stereocenters. The number of carboxylic acid groups (broad SMARTS) is 1. The van der Waals surface area contributed by atoms with E-state index in [1.165, 1.54) is 0 Å². The van der Waals surface area contributed by atoms with E-state index in [-0.39, 0.29) is 5.69 Å². The van der Waals surface area contributed by atoms with Crippen molar-refractivity contribution in [2.45, 2.75) is 13.3 Å². The Morgan fingerprint density at radius 2 is 2.38 bits per heavy atom. The zero-order valence-corrected chi connectivity index (χ0v) is 8.77. The first-order chi connectivity index (χ1) is 7.72. The summed E-state index contributed by atoms with van der Waals surface area (Å²) in [6.07, 6.45) is 3.91. The predicted molar refractivity (Wildman–Crippen MR) is 58.2 cm³/mol. The first-order valence-electron chi connectivity index (χ1n) is 4.95. The molecule has 2 N–H and O–H groups in total. The van der Waals surface area contributed by atoms with Gasteiger partial charge < -0.3 is 10.1 Å². The Balaban J connectivity index is 2.48. The minimum Gasteiger partial charge on any atom is -0.476 e. The van der Waals surface area contributed by atoms with E-state index in [1.807, 2.05) is 13.0 Å². The van der Waals surface area contributed by atoms with Crippen LogP contribution < -0.4 is 0 Å². The average Bonchev–Trinajstić information content (AvgIpc) is 2.74. The Labute approximate surface area is 92.2 Å². The summed E-state index contributed by atoms with van der Waals surface area (Å²) in [7, 11) is 0. The van der Waals surface area contributed by atoms with Crippen molar-refractivity contribution in [2.24, 2.45) is 0 Å². The zero-order valence-electron chi connectivity index (χ0n) is 8.77. The fourth-order valence-electron chi connectivity index (χ4n) is 1.48. The number of nitrogens with one attached hydrogen (secondary N) is 1. The maximum atomic E-state index is 10.9. The van der Waals surface area contributed by atoms with Crippen molar-refractivity contribution in [2.75, 3.05) is 0 Å². The third kappa shape index (κ3) is 1.79. The standard InChI is InChI=1S/C11H11N3O2/c1-2-8-9(11(15)16)14-10(13-8)7-4-3-5-12-6-7/h3-6H,2H2,1H3,(H,13,14)(H,15,16).